The molecule has 0 aromatic carbocycles. The number of carbonyl (C=O) groups excluding carboxylic acids is 1. The molecule has 4 aliphatic rings. The molecule has 0 aromatic heterocycles. The number of aldehydes is 1. The Morgan fingerprint density at radius 3 is 2.59 bits per heavy atom. The van der Waals surface area contributed by atoms with E-state index in [9.17, 15) is 9.90 Å². The van der Waals surface area contributed by atoms with Crippen LogP contribution in [-0.4, -0.2) is 29.7 Å². The van der Waals surface area contributed by atoms with Crippen molar-refractivity contribution in [1.29, 1.82) is 0 Å². The van der Waals surface area contributed by atoms with Gasteiger partial charge in [-0.25, -0.2) is 0 Å². The van der Waals surface area contributed by atoms with E-state index in [1.165, 1.54) is 25.7 Å². The minimum Gasteiger partial charge on any atom is -0.390 e. The second-order valence-corrected chi connectivity index (χ2v) is 9.11. The molecule has 1 saturated heterocycles. The zero-order chi connectivity index (χ0) is 15.5. The summed E-state index contributed by atoms with van der Waals surface area (Å²) in [5, 5.41) is 10.4. The third-order valence-corrected chi connectivity index (χ3v) is 7.90. The molecular weight excluding hydrogens is 276 g/mol. The average molecular weight is 306 g/mol. The first-order chi connectivity index (χ1) is 10.4. The molecule has 0 radical (unpaired) electrons. The Balaban J connectivity index is 1.56. The molecule has 3 nitrogen and oxygen atoms in total. The van der Waals surface area contributed by atoms with E-state index in [0.717, 1.165) is 55.8 Å². The van der Waals surface area contributed by atoms with E-state index in [4.69, 9.17) is 4.74 Å². The lowest BCUT2D eigenvalue weighted by Crippen LogP contribution is -2.51. The predicted octanol–water partition coefficient (Wildman–Crippen LogP) is 3.19. The highest BCUT2D eigenvalue weighted by molar-refractivity contribution is 5.58. The summed E-state index contributed by atoms with van der Waals surface area (Å²) >= 11 is 0. The Morgan fingerprint density at radius 2 is 1.82 bits per heavy atom. The molecule has 3 heteroatoms. The number of aliphatic hydroxyl groups is 1. The highest BCUT2D eigenvalue weighted by Gasteiger charge is 2.58. The SMILES string of the molecule is C[C@@]1(O)CC[C@H]2[C@H](CC[C@@H]3[C@@H]2CC[C@]2(C)[C@@H](C=O)OC[C@@H]32)C1. The molecule has 124 valence electrons. The fourth-order valence-corrected chi connectivity index (χ4v) is 6.69. The zero-order valence-electron chi connectivity index (χ0n) is 14.0. The molecule has 4 fully saturated rings. The molecule has 0 spiro atoms. The first-order valence-corrected chi connectivity index (χ1v) is 9.24. The summed E-state index contributed by atoms with van der Waals surface area (Å²) in [5.74, 6) is 3.65. The predicted molar refractivity (Wildman–Crippen MR) is 84.3 cm³/mol. The van der Waals surface area contributed by atoms with E-state index in [0.29, 0.717) is 5.92 Å². The number of fused-ring (bicyclic) bond motifs is 5. The van der Waals surface area contributed by atoms with Gasteiger partial charge in [0, 0.05) is 5.41 Å². The van der Waals surface area contributed by atoms with Gasteiger partial charge in [-0.1, -0.05) is 6.92 Å². The van der Waals surface area contributed by atoms with Crippen molar-refractivity contribution in [3.63, 3.8) is 0 Å². The number of hydrogen-bond donors (Lipinski definition) is 1. The van der Waals surface area contributed by atoms with Crippen LogP contribution in [-0.2, 0) is 9.53 Å². The minimum atomic E-state index is -0.434. The summed E-state index contributed by atoms with van der Waals surface area (Å²) in [5.41, 5.74) is -0.355. The van der Waals surface area contributed by atoms with Gasteiger partial charge in [-0.2, -0.15) is 0 Å². The highest BCUT2D eigenvalue weighted by atomic mass is 16.5. The van der Waals surface area contributed by atoms with E-state index < -0.39 is 5.60 Å². The summed E-state index contributed by atoms with van der Waals surface area (Å²) in [7, 11) is 0. The maximum atomic E-state index is 11.4. The lowest BCUT2D eigenvalue weighted by Gasteiger charge is -2.55. The molecule has 3 aliphatic carbocycles. The highest BCUT2D eigenvalue weighted by Crippen LogP contribution is 2.61. The molecule has 1 N–H and O–H groups in total. The first-order valence-electron chi connectivity index (χ1n) is 9.24. The van der Waals surface area contributed by atoms with E-state index in [1.54, 1.807) is 0 Å². The zero-order valence-corrected chi connectivity index (χ0v) is 14.0. The van der Waals surface area contributed by atoms with Crippen LogP contribution in [0.3, 0.4) is 0 Å². The fraction of sp³-hybridized carbons (Fsp3) is 0.947. The van der Waals surface area contributed by atoms with E-state index in [1.807, 2.05) is 6.92 Å². The third-order valence-electron chi connectivity index (χ3n) is 7.90. The van der Waals surface area contributed by atoms with Gasteiger partial charge in [-0.3, -0.25) is 0 Å². The summed E-state index contributed by atoms with van der Waals surface area (Å²) in [6.07, 6.45) is 8.96. The molecule has 4 rings (SSSR count). The minimum absolute atomic E-state index is 0.0793. The number of hydrogen-bond acceptors (Lipinski definition) is 3. The molecule has 0 amide bonds. The van der Waals surface area contributed by atoms with Gasteiger partial charge in [0.2, 0.25) is 0 Å². The Labute approximate surface area is 133 Å². The summed E-state index contributed by atoms with van der Waals surface area (Å²) in [6.45, 7) is 5.10. The van der Waals surface area contributed by atoms with Crippen LogP contribution in [0.25, 0.3) is 0 Å². The average Bonchev–Trinajstić information content (AvgIpc) is 2.82. The largest absolute Gasteiger partial charge is 0.390 e. The second kappa shape index (κ2) is 5.04. The van der Waals surface area contributed by atoms with Gasteiger partial charge in [-0.05, 0) is 81.5 Å². The number of rotatable bonds is 1. The van der Waals surface area contributed by atoms with Crippen LogP contribution in [0.1, 0.15) is 58.8 Å². The van der Waals surface area contributed by atoms with E-state index in [2.05, 4.69) is 6.92 Å². The van der Waals surface area contributed by atoms with Crippen LogP contribution in [0.2, 0.25) is 0 Å². The quantitative estimate of drug-likeness (QED) is 0.757. The van der Waals surface area contributed by atoms with Crippen LogP contribution in [0, 0.1) is 35.0 Å². The topological polar surface area (TPSA) is 46.5 Å². The van der Waals surface area contributed by atoms with Crippen LogP contribution in [0.5, 0.6) is 0 Å². The molecule has 8 atom stereocenters. The van der Waals surface area contributed by atoms with Gasteiger partial charge in [0.25, 0.3) is 0 Å². The number of ether oxygens (including phenoxy) is 1. The maximum absolute atomic E-state index is 11.4. The Bertz CT molecular complexity index is 460. The summed E-state index contributed by atoms with van der Waals surface area (Å²) in [6, 6.07) is 0. The maximum Gasteiger partial charge on any atom is 0.149 e. The van der Waals surface area contributed by atoms with Crippen molar-refractivity contribution >= 4 is 6.29 Å². The Hall–Kier alpha value is -0.410. The third kappa shape index (κ3) is 2.11. The van der Waals surface area contributed by atoms with Crippen molar-refractivity contribution in [2.45, 2.75) is 70.5 Å². The lowest BCUT2D eigenvalue weighted by atomic mass is 9.49. The Morgan fingerprint density at radius 1 is 1.05 bits per heavy atom. The molecule has 1 heterocycles. The molecule has 0 unspecified atom stereocenters. The van der Waals surface area contributed by atoms with Gasteiger partial charge < -0.3 is 14.6 Å². The molecular formula is C19H30O3. The van der Waals surface area contributed by atoms with Gasteiger partial charge in [0.15, 0.2) is 0 Å². The monoisotopic (exact) mass is 306 g/mol. The lowest BCUT2D eigenvalue weighted by molar-refractivity contribution is -0.123. The molecule has 0 aromatic rings. The normalized spacial score (nSPS) is 57.6. The molecule has 3 saturated carbocycles. The standard InChI is InChI=1S/C19H30O3/c1-18(21)7-5-13-12(9-18)3-4-15-14(13)6-8-19(2)16(15)11-22-17(19)10-20/h10,12-17,21H,3-9,11H2,1-2H3/t12-,13+,14-,15-,16+,17-,18-,19+/m1/s1. The van der Waals surface area contributed by atoms with Crippen molar-refractivity contribution in [1.82, 2.24) is 0 Å². The summed E-state index contributed by atoms with van der Waals surface area (Å²) in [4.78, 5) is 11.4. The smallest absolute Gasteiger partial charge is 0.149 e. The summed E-state index contributed by atoms with van der Waals surface area (Å²) < 4.78 is 5.86. The van der Waals surface area contributed by atoms with Gasteiger partial charge in [0.05, 0.1) is 12.2 Å². The first kappa shape index (κ1) is 15.1. The van der Waals surface area contributed by atoms with E-state index in [-0.39, 0.29) is 11.5 Å². The van der Waals surface area contributed by atoms with Gasteiger partial charge in [-0.15, -0.1) is 0 Å². The van der Waals surface area contributed by atoms with Crippen molar-refractivity contribution in [2.75, 3.05) is 6.61 Å². The van der Waals surface area contributed by atoms with Crippen LogP contribution >= 0.6 is 0 Å². The van der Waals surface area contributed by atoms with E-state index >= 15 is 0 Å². The number of carbonyl (C=O) groups is 1. The van der Waals surface area contributed by atoms with Crippen LogP contribution in [0.15, 0.2) is 0 Å². The molecule has 0 bridgehead atoms. The second-order valence-electron chi connectivity index (χ2n) is 9.11. The van der Waals surface area contributed by atoms with Crippen molar-refractivity contribution in [3.05, 3.63) is 0 Å². The van der Waals surface area contributed by atoms with Crippen molar-refractivity contribution in [2.24, 2.45) is 35.0 Å². The van der Waals surface area contributed by atoms with Crippen molar-refractivity contribution in [3.8, 4) is 0 Å². The fourth-order valence-electron chi connectivity index (χ4n) is 6.69. The molecule has 1 aliphatic heterocycles. The van der Waals surface area contributed by atoms with Gasteiger partial charge >= 0.3 is 0 Å². The van der Waals surface area contributed by atoms with Crippen molar-refractivity contribution < 1.29 is 14.6 Å². The molecule has 22 heavy (non-hydrogen) atoms. The Kier molecular flexibility index (Phi) is 3.47. The van der Waals surface area contributed by atoms with Crippen LogP contribution < -0.4 is 0 Å². The van der Waals surface area contributed by atoms with Gasteiger partial charge in [0.1, 0.15) is 12.4 Å². The van der Waals surface area contributed by atoms with Crippen LogP contribution in [0.4, 0.5) is 0 Å².